The maximum absolute atomic E-state index is 12.7. The molecule has 4 nitrogen and oxygen atoms in total. The topological polar surface area (TPSA) is 44.1 Å². The Bertz CT molecular complexity index is 647. The van der Waals surface area contributed by atoms with Crippen LogP contribution in [-0.2, 0) is 18.0 Å². The molecule has 2 rings (SSSR count). The number of aryl methyl sites for hydroxylation is 1. The Morgan fingerprint density at radius 3 is 2.60 bits per heavy atom. The Balaban J connectivity index is 2.47. The highest BCUT2D eigenvalue weighted by atomic mass is 19.4. The maximum Gasteiger partial charge on any atom is 0.416 e. The number of nitrogens with zero attached hydrogens (tertiary/aromatic N) is 2. The summed E-state index contributed by atoms with van der Waals surface area (Å²) in [6.45, 7) is 0. The average molecular weight is 284 g/mol. The molecule has 0 unspecified atom stereocenters. The number of methoxy groups -OCH3 is 1. The van der Waals surface area contributed by atoms with Gasteiger partial charge in [0.05, 0.1) is 18.4 Å². The first-order valence-corrected chi connectivity index (χ1v) is 5.63. The molecule has 0 fully saturated rings. The summed E-state index contributed by atoms with van der Waals surface area (Å²) in [5, 5.41) is 3.91. The SMILES string of the molecule is COC(=O)c1cc(-c2cccc(C(F)(F)F)c2)n(C)n1. The number of benzene rings is 1. The largest absolute Gasteiger partial charge is 0.464 e. The molecule has 0 aliphatic heterocycles. The maximum atomic E-state index is 12.7. The number of carbonyl (C=O) groups is 1. The molecule has 2 aromatic rings. The minimum atomic E-state index is -4.42. The molecule has 0 saturated heterocycles. The molecular formula is C13H11F3N2O2. The molecule has 106 valence electrons. The van der Waals surface area contributed by atoms with Gasteiger partial charge in [-0.15, -0.1) is 0 Å². The van der Waals surface area contributed by atoms with Crippen LogP contribution in [0.25, 0.3) is 11.3 Å². The van der Waals surface area contributed by atoms with E-state index in [9.17, 15) is 18.0 Å². The molecular weight excluding hydrogens is 273 g/mol. The predicted molar refractivity (Wildman–Crippen MR) is 65.0 cm³/mol. The number of esters is 1. The van der Waals surface area contributed by atoms with E-state index in [1.165, 1.54) is 30.0 Å². The fraction of sp³-hybridized carbons (Fsp3) is 0.231. The van der Waals surface area contributed by atoms with Crippen molar-refractivity contribution in [2.45, 2.75) is 6.18 Å². The normalized spacial score (nSPS) is 11.4. The van der Waals surface area contributed by atoms with Crippen molar-refractivity contribution in [1.82, 2.24) is 9.78 Å². The van der Waals surface area contributed by atoms with Crippen LogP contribution < -0.4 is 0 Å². The average Bonchev–Trinajstić information content (AvgIpc) is 2.79. The van der Waals surface area contributed by atoms with Crippen molar-refractivity contribution >= 4 is 5.97 Å². The third kappa shape index (κ3) is 2.66. The van der Waals surface area contributed by atoms with E-state index in [4.69, 9.17) is 0 Å². The predicted octanol–water partition coefficient (Wildman–Crippen LogP) is 2.89. The van der Waals surface area contributed by atoms with Gasteiger partial charge in [-0.25, -0.2) is 4.79 Å². The van der Waals surface area contributed by atoms with Gasteiger partial charge in [-0.3, -0.25) is 4.68 Å². The molecule has 1 aromatic heterocycles. The minimum Gasteiger partial charge on any atom is -0.464 e. The molecule has 0 N–H and O–H groups in total. The summed E-state index contributed by atoms with van der Waals surface area (Å²) in [5.74, 6) is -0.640. The van der Waals surface area contributed by atoms with Gasteiger partial charge in [-0.1, -0.05) is 12.1 Å². The molecule has 20 heavy (non-hydrogen) atoms. The monoisotopic (exact) mass is 284 g/mol. The molecule has 0 bridgehead atoms. The van der Waals surface area contributed by atoms with Gasteiger partial charge in [0.15, 0.2) is 5.69 Å². The second-order valence-electron chi connectivity index (χ2n) is 4.11. The number of carbonyl (C=O) groups excluding carboxylic acids is 1. The molecule has 0 spiro atoms. The van der Waals surface area contributed by atoms with Crippen molar-refractivity contribution in [3.05, 3.63) is 41.6 Å². The van der Waals surface area contributed by atoms with Crippen molar-refractivity contribution in [1.29, 1.82) is 0 Å². The number of hydrogen-bond donors (Lipinski definition) is 0. The van der Waals surface area contributed by atoms with E-state index in [1.807, 2.05) is 0 Å². The van der Waals surface area contributed by atoms with E-state index in [2.05, 4.69) is 9.84 Å². The third-order valence-electron chi connectivity index (χ3n) is 2.76. The molecule has 1 aromatic carbocycles. The number of aromatic nitrogens is 2. The van der Waals surface area contributed by atoms with Crippen LogP contribution in [0.1, 0.15) is 16.1 Å². The highest BCUT2D eigenvalue weighted by molar-refractivity contribution is 5.88. The van der Waals surface area contributed by atoms with Gasteiger partial charge < -0.3 is 4.74 Å². The van der Waals surface area contributed by atoms with Crippen molar-refractivity contribution in [2.24, 2.45) is 7.05 Å². The van der Waals surface area contributed by atoms with Crippen molar-refractivity contribution in [2.75, 3.05) is 7.11 Å². The Morgan fingerprint density at radius 1 is 1.30 bits per heavy atom. The molecule has 0 amide bonds. The number of halogens is 3. The Morgan fingerprint density at radius 2 is 2.00 bits per heavy atom. The standard InChI is InChI=1S/C13H11F3N2O2/c1-18-11(7-10(17-18)12(19)20-2)8-4-3-5-9(6-8)13(14,15)16/h3-7H,1-2H3. The van der Waals surface area contributed by atoms with E-state index in [-0.39, 0.29) is 5.69 Å². The molecule has 0 radical (unpaired) electrons. The molecule has 0 aliphatic carbocycles. The van der Waals surface area contributed by atoms with Crippen LogP contribution >= 0.6 is 0 Å². The lowest BCUT2D eigenvalue weighted by molar-refractivity contribution is -0.137. The molecule has 1 heterocycles. The number of ether oxygens (including phenoxy) is 1. The smallest absolute Gasteiger partial charge is 0.416 e. The lowest BCUT2D eigenvalue weighted by atomic mass is 10.1. The van der Waals surface area contributed by atoms with Crippen molar-refractivity contribution < 1.29 is 22.7 Å². The van der Waals surface area contributed by atoms with Gasteiger partial charge in [0, 0.05) is 12.6 Å². The van der Waals surface area contributed by atoms with Gasteiger partial charge >= 0.3 is 12.1 Å². The third-order valence-corrected chi connectivity index (χ3v) is 2.76. The number of hydrogen-bond acceptors (Lipinski definition) is 3. The van der Waals surface area contributed by atoms with Gasteiger partial charge in [-0.2, -0.15) is 18.3 Å². The lowest BCUT2D eigenvalue weighted by Crippen LogP contribution is -2.05. The van der Waals surface area contributed by atoms with E-state index in [1.54, 1.807) is 7.05 Å². The van der Waals surface area contributed by atoms with Crippen LogP contribution in [0, 0.1) is 0 Å². The van der Waals surface area contributed by atoms with Crippen molar-refractivity contribution in [3.63, 3.8) is 0 Å². The highest BCUT2D eigenvalue weighted by Crippen LogP contribution is 2.32. The number of alkyl halides is 3. The van der Waals surface area contributed by atoms with Gasteiger partial charge in [0.25, 0.3) is 0 Å². The van der Waals surface area contributed by atoms with Gasteiger partial charge in [-0.05, 0) is 18.2 Å². The van der Waals surface area contributed by atoms with E-state index < -0.39 is 17.7 Å². The summed E-state index contributed by atoms with van der Waals surface area (Å²) in [7, 11) is 2.75. The van der Waals surface area contributed by atoms with E-state index in [0.717, 1.165) is 12.1 Å². The van der Waals surface area contributed by atoms with Gasteiger partial charge in [0.2, 0.25) is 0 Å². The second-order valence-corrected chi connectivity index (χ2v) is 4.11. The fourth-order valence-corrected chi connectivity index (χ4v) is 1.80. The number of rotatable bonds is 2. The van der Waals surface area contributed by atoms with Gasteiger partial charge in [0.1, 0.15) is 0 Å². The lowest BCUT2D eigenvalue weighted by Gasteiger charge is -2.08. The highest BCUT2D eigenvalue weighted by Gasteiger charge is 2.30. The van der Waals surface area contributed by atoms with Crippen LogP contribution in [0.3, 0.4) is 0 Å². The summed E-state index contributed by atoms with van der Waals surface area (Å²) in [5.41, 5.74) is 0.0136. The molecule has 0 aliphatic rings. The minimum absolute atomic E-state index is 0.0439. The quantitative estimate of drug-likeness (QED) is 0.796. The summed E-state index contributed by atoms with van der Waals surface area (Å²) >= 11 is 0. The van der Waals surface area contributed by atoms with Crippen LogP contribution in [0.5, 0.6) is 0 Å². The van der Waals surface area contributed by atoms with Crippen LogP contribution in [0.2, 0.25) is 0 Å². The van der Waals surface area contributed by atoms with E-state index >= 15 is 0 Å². The summed E-state index contributed by atoms with van der Waals surface area (Å²) in [6, 6.07) is 6.22. The Labute approximate surface area is 112 Å². The zero-order valence-corrected chi connectivity index (χ0v) is 10.7. The van der Waals surface area contributed by atoms with Crippen molar-refractivity contribution in [3.8, 4) is 11.3 Å². The molecule has 0 saturated carbocycles. The zero-order valence-electron chi connectivity index (χ0n) is 10.7. The summed E-state index contributed by atoms with van der Waals surface area (Å²) in [4.78, 5) is 11.4. The van der Waals surface area contributed by atoms with Crippen LogP contribution in [-0.4, -0.2) is 22.9 Å². The molecule has 7 heteroatoms. The second kappa shape index (κ2) is 4.99. The first-order chi connectivity index (χ1) is 9.32. The first-order valence-electron chi connectivity index (χ1n) is 5.63. The van der Waals surface area contributed by atoms with E-state index in [0.29, 0.717) is 11.3 Å². The first kappa shape index (κ1) is 14.1. The zero-order chi connectivity index (χ0) is 14.9. The fourth-order valence-electron chi connectivity index (χ4n) is 1.80. The van der Waals surface area contributed by atoms with Crippen LogP contribution in [0.4, 0.5) is 13.2 Å². The summed E-state index contributed by atoms with van der Waals surface area (Å²) in [6.07, 6.45) is -4.42. The molecule has 0 atom stereocenters. The Kier molecular flexibility index (Phi) is 3.52. The summed E-state index contributed by atoms with van der Waals surface area (Å²) < 4.78 is 43.9. The Hall–Kier alpha value is -2.31. The van der Waals surface area contributed by atoms with Crippen LogP contribution in [0.15, 0.2) is 30.3 Å².